The van der Waals surface area contributed by atoms with Crippen LogP contribution in [0.1, 0.15) is 6.92 Å². The third kappa shape index (κ3) is 25.6. The molecule has 1 atom stereocenters. The molecule has 1 unspecified atom stereocenters. The predicted octanol–water partition coefficient (Wildman–Crippen LogP) is 0.730. The number of ether oxygens (including phenoxy) is 10. The molecule has 0 saturated carbocycles. The minimum absolute atomic E-state index is 0.0278. The summed E-state index contributed by atoms with van der Waals surface area (Å²) in [5.41, 5.74) is 0.160. The maximum atomic E-state index is 11.6. The Kier molecular flexibility index (Phi) is 21.5. The molecule has 0 bridgehead atoms. The molecule has 0 rings (SSSR count). The van der Waals surface area contributed by atoms with Crippen LogP contribution < -0.4 is 0 Å². The third-order valence-corrected chi connectivity index (χ3v) is 4.78. The van der Waals surface area contributed by atoms with Crippen LogP contribution in [0.15, 0.2) is 12.2 Å². The minimum atomic E-state index is -1.46. The zero-order valence-electron chi connectivity index (χ0n) is 24.6. The van der Waals surface area contributed by atoms with Gasteiger partial charge in [0.15, 0.2) is 0 Å². The molecule has 18 heteroatoms. The van der Waals surface area contributed by atoms with Gasteiger partial charge in [-0.05, 0) is 6.92 Å². The molecule has 0 amide bonds. The highest BCUT2D eigenvalue weighted by molar-refractivity contribution is 5.86. The van der Waals surface area contributed by atoms with Gasteiger partial charge >= 0.3 is 30.6 Å². The summed E-state index contributed by atoms with van der Waals surface area (Å²) in [5.74, 6) is -0.686. The second-order valence-electron chi connectivity index (χ2n) is 9.06. The van der Waals surface area contributed by atoms with Crippen molar-refractivity contribution in [3.8, 4) is 0 Å². The van der Waals surface area contributed by atoms with Gasteiger partial charge in [0.2, 0.25) is 0 Å². The average molecular weight is 629 g/mol. The summed E-state index contributed by atoms with van der Waals surface area (Å²) in [6.07, 6.45) is -5.76. The van der Waals surface area contributed by atoms with Crippen molar-refractivity contribution in [3.05, 3.63) is 12.2 Å². The van der Waals surface area contributed by atoms with Crippen molar-refractivity contribution in [2.24, 2.45) is 0 Å². The van der Waals surface area contributed by atoms with Crippen molar-refractivity contribution in [1.29, 1.82) is 0 Å². The predicted molar refractivity (Wildman–Crippen MR) is 141 cm³/mol. The Morgan fingerprint density at radius 2 is 0.977 bits per heavy atom. The first-order valence-electron chi connectivity index (χ1n) is 13.0. The van der Waals surface area contributed by atoms with Crippen LogP contribution in [-0.2, 0) is 52.2 Å². The smallest absolute Gasteiger partial charge is 0.459 e. The summed E-state index contributed by atoms with van der Waals surface area (Å²) in [4.78, 5) is 55.6. The molecule has 18 nitrogen and oxygen atoms in total. The number of likely N-dealkylation sites (N-methyl/N-ethyl adjacent to an activating group) is 1. The summed E-state index contributed by atoms with van der Waals surface area (Å²) >= 11 is 0. The lowest BCUT2D eigenvalue weighted by Crippen LogP contribution is -2.44. The molecule has 248 valence electrons. The maximum absolute atomic E-state index is 11.6. The molecule has 0 aliphatic heterocycles. The molecule has 0 radical (unpaired) electrons. The van der Waals surface area contributed by atoms with Gasteiger partial charge in [0.05, 0.1) is 40.5 Å². The number of carboxylic acid groups (broad SMARTS) is 1. The quantitative estimate of drug-likeness (QED) is 0.0524. The Hall–Kier alpha value is -3.87. The molecule has 0 aromatic rings. The molecular formula is C25H42NO17+. The van der Waals surface area contributed by atoms with Crippen LogP contribution in [-0.4, -0.2) is 158 Å². The maximum Gasteiger partial charge on any atom is 0.508 e. The lowest BCUT2D eigenvalue weighted by Gasteiger charge is -2.29. The fourth-order valence-electron chi connectivity index (χ4n) is 2.44. The van der Waals surface area contributed by atoms with Gasteiger partial charge in [-0.25, -0.2) is 24.0 Å². The Labute approximate surface area is 248 Å². The van der Waals surface area contributed by atoms with Crippen LogP contribution >= 0.6 is 0 Å². The number of carbonyl (C=O) groups excluding carboxylic acids is 4. The van der Waals surface area contributed by atoms with E-state index in [-0.39, 0.29) is 65.0 Å². The molecular weight excluding hydrogens is 586 g/mol. The van der Waals surface area contributed by atoms with E-state index < -0.39 is 43.3 Å². The Bertz CT molecular complexity index is 863. The molecule has 0 aliphatic carbocycles. The van der Waals surface area contributed by atoms with Gasteiger partial charge in [-0.1, -0.05) is 6.58 Å². The molecule has 0 saturated heterocycles. The van der Waals surface area contributed by atoms with E-state index in [1.54, 1.807) is 0 Å². The van der Waals surface area contributed by atoms with E-state index >= 15 is 0 Å². The molecule has 0 fully saturated rings. The molecule has 0 aromatic carbocycles. The summed E-state index contributed by atoms with van der Waals surface area (Å²) in [5, 5.41) is 17.9. The SMILES string of the molecule is C=C(C)C(=O)OCC(O)COC(=O)OCCOC(=O)OCCOCC[N+](C)(C)CCOCCOC(=O)OCCOC(=O)O. The van der Waals surface area contributed by atoms with Crippen LogP contribution in [0, 0.1) is 0 Å². The summed E-state index contributed by atoms with van der Waals surface area (Å²) < 4.78 is 48.6. The number of aliphatic hydroxyl groups is 1. The number of rotatable bonds is 23. The lowest BCUT2D eigenvalue weighted by molar-refractivity contribution is -0.891. The topological polar surface area (TPSA) is 218 Å². The van der Waals surface area contributed by atoms with E-state index in [1.807, 2.05) is 14.1 Å². The van der Waals surface area contributed by atoms with E-state index in [9.17, 15) is 29.1 Å². The van der Waals surface area contributed by atoms with Crippen molar-refractivity contribution in [2.45, 2.75) is 13.0 Å². The molecule has 43 heavy (non-hydrogen) atoms. The zero-order chi connectivity index (χ0) is 32.5. The van der Waals surface area contributed by atoms with Gasteiger partial charge in [0.1, 0.15) is 72.0 Å². The molecule has 0 heterocycles. The van der Waals surface area contributed by atoms with Gasteiger partial charge < -0.3 is 62.1 Å². The number of aliphatic hydroxyl groups excluding tert-OH is 1. The van der Waals surface area contributed by atoms with Crippen LogP contribution in [0.3, 0.4) is 0 Å². The fraction of sp³-hybridized carbons (Fsp3) is 0.720. The van der Waals surface area contributed by atoms with Crippen LogP contribution in [0.25, 0.3) is 0 Å². The minimum Gasteiger partial charge on any atom is -0.459 e. The summed E-state index contributed by atoms with van der Waals surface area (Å²) in [6, 6.07) is 0. The van der Waals surface area contributed by atoms with E-state index in [0.29, 0.717) is 30.8 Å². The number of quaternary nitrogens is 1. The van der Waals surface area contributed by atoms with Gasteiger partial charge in [0.25, 0.3) is 0 Å². The van der Waals surface area contributed by atoms with Crippen LogP contribution in [0.2, 0.25) is 0 Å². The van der Waals surface area contributed by atoms with Gasteiger partial charge in [-0.3, -0.25) is 0 Å². The summed E-state index contributed by atoms with van der Waals surface area (Å²) in [7, 11) is 3.94. The lowest BCUT2D eigenvalue weighted by atomic mass is 10.3. The van der Waals surface area contributed by atoms with Crippen LogP contribution in [0.4, 0.5) is 19.2 Å². The summed E-state index contributed by atoms with van der Waals surface area (Å²) in [6.45, 7) is 5.09. The molecule has 0 aliphatic rings. The van der Waals surface area contributed by atoms with Crippen molar-refractivity contribution in [2.75, 3.05) is 106 Å². The van der Waals surface area contributed by atoms with E-state index in [0.717, 1.165) is 0 Å². The fourth-order valence-corrected chi connectivity index (χ4v) is 2.44. The largest absolute Gasteiger partial charge is 0.508 e. The zero-order valence-corrected chi connectivity index (χ0v) is 24.6. The van der Waals surface area contributed by atoms with Crippen molar-refractivity contribution < 1.29 is 86.0 Å². The van der Waals surface area contributed by atoms with Gasteiger partial charge in [-0.15, -0.1) is 0 Å². The van der Waals surface area contributed by atoms with E-state index in [1.165, 1.54) is 6.92 Å². The Morgan fingerprint density at radius 3 is 1.40 bits per heavy atom. The van der Waals surface area contributed by atoms with Crippen molar-refractivity contribution in [3.63, 3.8) is 0 Å². The highest BCUT2D eigenvalue weighted by Crippen LogP contribution is 1.99. The molecule has 2 N–H and O–H groups in total. The Morgan fingerprint density at radius 1 is 0.605 bits per heavy atom. The normalized spacial score (nSPS) is 11.4. The Balaban J connectivity index is 3.67. The van der Waals surface area contributed by atoms with Crippen LogP contribution in [0.5, 0.6) is 0 Å². The number of carbonyl (C=O) groups is 5. The van der Waals surface area contributed by atoms with Gasteiger partial charge in [0, 0.05) is 5.57 Å². The number of nitrogens with zero attached hydrogens (tertiary/aromatic N) is 1. The second kappa shape index (κ2) is 23.7. The van der Waals surface area contributed by atoms with Crippen molar-refractivity contribution >= 4 is 30.6 Å². The number of esters is 1. The van der Waals surface area contributed by atoms with Gasteiger partial charge in [-0.2, -0.15) is 0 Å². The average Bonchev–Trinajstić information content (AvgIpc) is 2.94. The highest BCUT2D eigenvalue weighted by Gasteiger charge is 2.16. The van der Waals surface area contributed by atoms with E-state index in [2.05, 4.69) is 25.5 Å². The monoisotopic (exact) mass is 628 g/mol. The first-order valence-corrected chi connectivity index (χ1v) is 13.0. The standard InChI is InChI=1S/C25H41NO17/c1-19(2)21(28)42-17-20(27)18-43-25(33)41-16-15-40-24(32)38-12-10-35-8-6-26(3,4)5-7-34-9-11-37-23(31)39-14-13-36-22(29)30/h20,27H,1,5-18H2,2-4H3/p+1. The van der Waals surface area contributed by atoms with Crippen molar-refractivity contribution in [1.82, 2.24) is 0 Å². The molecule has 0 spiro atoms. The first kappa shape index (κ1) is 39.1. The first-order chi connectivity index (χ1) is 20.3. The number of hydrogen-bond acceptors (Lipinski definition) is 16. The second-order valence-corrected chi connectivity index (χ2v) is 9.06. The highest BCUT2D eigenvalue weighted by atomic mass is 16.8. The number of hydrogen-bond donors (Lipinski definition) is 2. The third-order valence-electron chi connectivity index (χ3n) is 4.78. The molecule has 0 aromatic heterocycles. The van der Waals surface area contributed by atoms with E-state index in [4.69, 9.17) is 33.5 Å².